The number of benzene rings is 1. The Kier molecular flexibility index (Phi) is 4.89. The van der Waals surface area contributed by atoms with Gasteiger partial charge in [-0.05, 0) is 18.2 Å². The molecule has 16 heavy (non-hydrogen) atoms. The third kappa shape index (κ3) is 4.20. The van der Waals surface area contributed by atoms with Gasteiger partial charge >= 0.3 is 0 Å². The fraction of sp³-hybridized carbons (Fsp3) is 0.400. The molecule has 3 nitrogen and oxygen atoms in total. The van der Waals surface area contributed by atoms with Crippen LogP contribution in [0.5, 0.6) is 0 Å². The lowest BCUT2D eigenvalue weighted by molar-refractivity contribution is 0.597. The maximum atomic E-state index is 11.2. The summed E-state index contributed by atoms with van der Waals surface area (Å²) < 4.78 is 22.4. The van der Waals surface area contributed by atoms with Crippen LogP contribution in [0.15, 0.2) is 18.2 Å². The first-order chi connectivity index (χ1) is 7.44. The predicted molar refractivity (Wildman–Crippen MR) is 69.3 cm³/mol. The first-order valence-corrected chi connectivity index (χ1v) is 7.41. The van der Waals surface area contributed by atoms with Crippen molar-refractivity contribution in [3.8, 4) is 0 Å². The Hall–Kier alpha value is -0.450. The first kappa shape index (κ1) is 13.6. The van der Waals surface area contributed by atoms with E-state index in [-0.39, 0.29) is 11.5 Å². The number of halogens is 2. The van der Waals surface area contributed by atoms with Crippen molar-refractivity contribution in [2.24, 2.45) is 0 Å². The quantitative estimate of drug-likeness (QED) is 0.903. The van der Waals surface area contributed by atoms with Crippen LogP contribution in [0.2, 0.25) is 10.0 Å². The summed E-state index contributed by atoms with van der Waals surface area (Å²) in [6.07, 6.45) is 0. The third-order valence-corrected chi connectivity index (χ3v) is 4.55. The molecular formula is C10H13Cl2NO2S. The monoisotopic (exact) mass is 281 g/mol. The molecular weight excluding hydrogens is 269 g/mol. The minimum Gasteiger partial charge on any atom is -0.384 e. The molecule has 1 rings (SSSR count). The molecule has 0 aliphatic carbocycles. The van der Waals surface area contributed by atoms with Crippen LogP contribution in [-0.2, 0) is 9.84 Å². The molecule has 0 aromatic heterocycles. The van der Waals surface area contributed by atoms with E-state index in [9.17, 15) is 8.42 Å². The lowest BCUT2D eigenvalue weighted by Gasteiger charge is -2.07. The zero-order chi connectivity index (χ0) is 12.2. The minimum absolute atomic E-state index is 0.115. The van der Waals surface area contributed by atoms with E-state index in [1.165, 1.54) is 0 Å². The van der Waals surface area contributed by atoms with Crippen LogP contribution in [0, 0.1) is 0 Å². The molecule has 1 aromatic rings. The topological polar surface area (TPSA) is 46.2 Å². The van der Waals surface area contributed by atoms with Crippen molar-refractivity contribution in [3.63, 3.8) is 0 Å². The molecule has 0 bridgehead atoms. The molecule has 0 aliphatic heterocycles. The Labute approximate surface area is 106 Å². The molecule has 0 aliphatic rings. The average Bonchev–Trinajstić information content (AvgIpc) is 2.23. The van der Waals surface area contributed by atoms with Crippen LogP contribution in [-0.4, -0.2) is 26.5 Å². The highest BCUT2D eigenvalue weighted by atomic mass is 35.5. The Morgan fingerprint density at radius 2 is 1.94 bits per heavy atom. The van der Waals surface area contributed by atoms with Crippen LogP contribution >= 0.6 is 23.2 Å². The smallest absolute Gasteiger partial charge is 0.151 e. The van der Waals surface area contributed by atoms with Crippen molar-refractivity contribution in [2.45, 2.75) is 6.92 Å². The molecule has 0 atom stereocenters. The zero-order valence-electron chi connectivity index (χ0n) is 8.83. The van der Waals surface area contributed by atoms with Crippen LogP contribution < -0.4 is 5.32 Å². The second kappa shape index (κ2) is 5.75. The number of sulfone groups is 1. The highest BCUT2D eigenvalue weighted by molar-refractivity contribution is 7.91. The molecule has 0 saturated carbocycles. The zero-order valence-corrected chi connectivity index (χ0v) is 11.2. The Morgan fingerprint density at radius 3 is 2.50 bits per heavy atom. The molecule has 0 radical (unpaired) electrons. The van der Waals surface area contributed by atoms with E-state index in [1.807, 2.05) is 0 Å². The number of hydrogen-bond donors (Lipinski definition) is 1. The van der Waals surface area contributed by atoms with E-state index >= 15 is 0 Å². The molecule has 0 spiro atoms. The standard InChI is InChI=1S/C10H13Cl2NO2S/c1-2-16(14,15)6-5-13-8-3-4-9(11)10(12)7-8/h3-4,7,13H,2,5-6H2,1H3. The molecule has 6 heteroatoms. The van der Waals surface area contributed by atoms with Gasteiger partial charge in [0.25, 0.3) is 0 Å². The van der Waals surface area contributed by atoms with Gasteiger partial charge in [-0.1, -0.05) is 30.1 Å². The molecule has 0 saturated heterocycles. The summed E-state index contributed by atoms with van der Waals surface area (Å²) in [5, 5.41) is 3.91. The summed E-state index contributed by atoms with van der Waals surface area (Å²) in [6, 6.07) is 5.09. The summed E-state index contributed by atoms with van der Waals surface area (Å²) in [6.45, 7) is 2.00. The van der Waals surface area contributed by atoms with Crippen molar-refractivity contribution < 1.29 is 8.42 Å². The van der Waals surface area contributed by atoms with Crippen molar-refractivity contribution in [1.82, 2.24) is 0 Å². The van der Waals surface area contributed by atoms with E-state index in [4.69, 9.17) is 23.2 Å². The largest absolute Gasteiger partial charge is 0.384 e. The van der Waals surface area contributed by atoms with Gasteiger partial charge in [0.2, 0.25) is 0 Å². The summed E-state index contributed by atoms with van der Waals surface area (Å²) >= 11 is 11.6. The van der Waals surface area contributed by atoms with Crippen LogP contribution in [0.4, 0.5) is 5.69 Å². The van der Waals surface area contributed by atoms with Crippen molar-refractivity contribution in [3.05, 3.63) is 28.2 Å². The van der Waals surface area contributed by atoms with Crippen LogP contribution in [0.25, 0.3) is 0 Å². The Bertz CT molecular complexity index is 460. The lowest BCUT2D eigenvalue weighted by atomic mass is 10.3. The molecule has 0 fully saturated rings. The summed E-state index contributed by atoms with van der Waals surface area (Å²) in [5.41, 5.74) is 0.765. The van der Waals surface area contributed by atoms with Gasteiger partial charge in [0, 0.05) is 18.0 Å². The number of anilines is 1. The van der Waals surface area contributed by atoms with Crippen molar-refractivity contribution in [1.29, 1.82) is 0 Å². The van der Waals surface area contributed by atoms with Gasteiger partial charge in [-0.15, -0.1) is 0 Å². The van der Waals surface area contributed by atoms with E-state index in [1.54, 1.807) is 25.1 Å². The highest BCUT2D eigenvalue weighted by Gasteiger charge is 2.06. The van der Waals surface area contributed by atoms with Crippen LogP contribution in [0.1, 0.15) is 6.92 Å². The van der Waals surface area contributed by atoms with E-state index in [2.05, 4.69) is 5.32 Å². The predicted octanol–water partition coefficient (Wildman–Crippen LogP) is 2.84. The van der Waals surface area contributed by atoms with Gasteiger partial charge < -0.3 is 5.32 Å². The molecule has 90 valence electrons. The average molecular weight is 282 g/mol. The minimum atomic E-state index is -2.93. The normalized spacial score (nSPS) is 11.4. The van der Waals surface area contributed by atoms with Gasteiger partial charge in [-0.2, -0.15) is 0 Å². The maximum absolute atomic E-state index is 11.2. The molecule has 1 aromatic carbocycles. The fourth-order valence-corrected chi connectivity index (χ4v) is 2.10. The van der Waals surface area contributed by atoms with Gasteiger partial charge in [0.15, 0.2) is 9.84 Å². The first-order valence-electron chi connectivity index (χ1n) is 4.84. The Balaban J connectivity index is 2.53. The molecule has 0 unspecified atom stereocenters. The van der Waals surface area contributed by atoms with E-state index in [0.29, 0.717) is 16.6 Å². The number of rotatable bonds is 5. The maximum Gasteiger partial charge on any atom is 0.151 e. The molecule has 0 amide bonds. The molecule has 1 N–H and O–H groups in total. The third-order valence-electron chi connectivity index (χ3n) is 2.10. The summed E-state index contributed by atoms with van der Waals surface area (Å²) in [4.78, 5) is 0. The van der Waals surface area contributed by atoms with Crippen molar-refractivity contribution >= 4 is 38.7 Å². The Morgan fingerprint density at radius 1 is 1.25 bits per heavy atom. The van der Waals surface area contributed by atoms with E-state index in [0.717, 1.165) is 5.69 Å². The van der Waals surface area contributed by atoms with Gasteiger partial charge in [0.05, 0.1) is 15.8 Å². The fourth-order valence-electron chi connectivity index (χ4n) is 1.10. The summed E-state index contributed by atoms with van der Waals surface area (Å²) in [7, 11) is -2.93. The van der Waals surface area contributed by atoms with Gasteiger partial charge in [-0.3, -0.25) is 0 Å². The van der Waals surface area contributed by atoms with Gasteiger partial charge in [-0.25, -0.2) is 8.42 Å². The second-order valence-corrected chi connectivity index (χ2v) is 6.58. The van der Waals surface area contributed by atoms with Crippen LogP contribution in [0.3, 0.4) is 0 Å². The molecule has 0 heterocycles. The highest BCUT2D eigenvalue weighted by Crippen LogP contribution is 2.24. The number of hydrogen-bond acceptors (Lipinski definition) is 3. The number of nitrogens with one attached hydrogen (secondary N) is 1. The SMILES string of the molecule is CCS(=O)(=O)CCNc1ccc(Cl)c(Cl)c1. The second-order valence-electron chi connectivity index (χ2n) is 3.29. The van der Waals surface area contributed by atoms with E-state index < -0.39 is 9.84 Å². The summed E-state index contributed by atoms with van der Waals surface area (Å²) in [5.74, 6) is 0.278. The van der Waals surface area contributed by atoms with Crippen molar-refractivity contribution in [2.75, 3.05) is 23.4 Å². The van der Waals surface area contributed by atoms with Gasteiger partial charge in [0.1, 0.15) is 0 Å². The lowest BCUT2D eigenvalue weighted by Crippen LogP contribution is -2.17.